The van der Waals surface area contributed by atoms with Crippen LogP contribution in [-0.2, 0) is 19.1 Å². The van der Waals surface area contributed by atoms with Crippen LogP contribution >= 0.6 is 0 Å². The van der Waals surface area contributed by atoms with Crippen LogP contribution in [0.15, 0.2) is 73.8 Å². The maximum atomic E-state index is 14.9. The molecule has 2 bridgehead atoms. The van der Waals surface area contributed by atoms with Crippen molar-refractivity contribution in [3.8, 4) is 0 Å². The fourth-order valence-electron chi connectivity index (χ4n) is 7.72. The second kappa shape index (κ2) is 11.4. The van der Waals surface area contributed by atoms with E-state index in [9.17, 15) is 19.5 Å². The summed E-state index contributed by atoms with van der Waals surface area (Å²) in [6.45, 7) is 17.5. The summed E-state index contributed by atoms with van der Waals surface area (Å²) in [6, 6.07) is 13.6. The van der Waals surface area contributed by atoms with E-state index in [1.807, 2.05) is 76.2 Å². The Balaban J connectivity index is 1.65. The lowest BCUT2D eigenvalue weighted by Crippen LogP contribution is -2.59. The van der Waals surface area contributed by atoms with E-state index < -0.39 is 35.1 Å². The Bertz CT molecular complexity index is 1440. The molecule has 8 heteroatoms. The molecule has 7 atom stereocenters. The number of anilines is 2. The minimum absolute atomic E-state index is 0.111. The number of ether oxygens (including phenoxy) is 1. The summed E-state index contributed by atoms with van der Waals surface area (Å²) in [7, 11) is 0. The average Bonchev–Trinajstić information content (AvgIpc) is 3.51. The maximum absolute atomic E-state index is 14.9. The van der Waals surface area contributed by atoms with Crippen molar-refractivity contribution in [3.63, 3.8) is 0 Å². The third-order valence-electron chi connectivity index (χ3n) is 9.87. The molecular weight excluding hydrogens is 542 g/mol. The minimum Gasteiger partial charge on any atom is -0.394 e. The zero-order chi connectivity index (χ0) is 31.3. The molecule has 1 spiro atoms. The highest BCUT2D eigenvalue weighted by Gasteiger charge is 2.80. The molecule has 3 amide bonds. The number of carbonyl (C=O) groups excluding carboxylic acids is 3. The molecule has 5 rings (SSSR count). The monoisotopic (exact) mass is 585 g/mol. The molecule has 3 fully saturated rings. The molecule has 43 heavy (non-hydrogen) atoms. The standard InChI is InChI=1S/C35H43N3O5/c1-8-17-36(26-13-11-10-12-14-26)31(40)28-29-32(41)38(25(6)21-39)30(35(29)20-24(5)34(28,7)43-35)33(42)37(18-9-2)27-19-22(3)15-16-23(27)4/h8-16,19,24-25,28-30,39H,1-2,17-18,20-21H2,3-7H3/t24?,25-,28+,29+,30?,34-,35?/m1/s1. The molecule has 228 valence electrons. The first-order valence-corrected chi connectivity index (χ1v) is 15.1. The number of amides is 3. The first kappa shape index (κ1) is 30.7. The van der Waals surface area contributed by atoms with Gasteiger partial charge in [-0.1, -0.05) is 49.4 Å². The first-order valence-electron chi connectivity index (χ1n) is 15.1. The molecule has 3 aliphatic heterocycles. The van der Waals surface area contributed by atoms with Crippen LogP contribution in [0.5, 0.6) is 0 Å². The summed E-state index contributed by atoms with van der Waals surface area (Å²) >= 11 is 0. The van der Waals surface area contributed by atoms with Crippen LogP contribution in [0.3, 0.4) is 0 Å². The Labute approximate surface area is 254 Å². The van der Waals surface area contributed by atoms with Crippen LogP contribution in [0.4, 0.5) is 11.4 Å². The van der Waals surface area contributed by atoms with Crippen molar-refractivity contribution in [3.05, 3.63) is 85.0 Å². The third-order valence-corrected chi connectivity index (χ3v) is 9.87. The minimum atomic E-state index is -1.24. The highest BCUT2D eigenvalue weighted by Crippen LogP contribution is 2.66. The summed E-state index contributed by atoms with van der Waals surface area (Å²) in [4.78, 5) is 48.8. The molecule has 0 aliphatic carbocycles. The summed E-state index contributed by atoms with van der Waals surface area (Å²) < 4.78 is 6.94. The maximum Gasteiger partial charge on any atom is 0.253 e. The van der Waals surface area contributed by atoms with E-state index in [0.717, 1.165) is 16.8 Å². The van der Waals surface area contributed by atoms with Crippen molar-refractivity contribution in [2.45, 2.75) is 64.3 Å². The van der Waals surface area contributed by atoms with E-state index >= 15 is 0 Å². The summed E-state index contributed by atoms with van der Waals surface area (Å²) in [5.74, 6) is -2.70. The van der Waals surface area contributed by atoms with Gasteiger partial charge in [-0.2, -0.15) is 0 Å². The SMILES string of the molecule is C=CCN(C(=O)[C@@H]1[C@H]2C(=O)N([C@H](C)CO)C(C(=O)N(CC=C)c3cc(C)ccc3C)C23CC(C)[C@@]1(C)O3)c1ccccc1. The van der Waals surface area contributed by atoms with E-state index in [-0.39, 0.29) is 43.3 Å². The number of aryl methyl sites for hydroxylation is 2. The van der Waals surface area contributed by atoms with Gasteiger partial charge in [-0.3, -0.25) is 14.4 Å². The van der Waals surface area contributed by atoms with E-state index in [0.29, 0.717) is 12.1 Å². The number of aliphatic hydroxyl groups excluding tert-OH is 1. The van der Waals surface area contributed by atoms with Gasteiger partial charge in [0.25, 0.3) is 5.91 Å². The average molecular weight is 586 g/mol. The predicted molar refractivity (Wildman–Crippen MR) is 168 cm³/mol. The molecular formula is C35H43N3O5. The molecule has 3 unspecified atom stereocenters. The molecule has 0 aromatic heterocycles. The highest BCUT2D eigenvalue weighted by molar-refractivity contribution is 6.07. The first-order chi connectivity index (χ1) is 20.5. The van der Waals surface area contributed by atoms with Gasteiger partial charge >= 0.3 is 0 Å². The van der Waals surface area contributed by atoms with Crippen LogP contribution in [0.25, 0.3) is 0 Å². The Kier molecular flexibility index (Phi) is 8.13. The van der Waals surface area contributed by atoms with Gasteiger partial charge in [0.05, 0.1) is 30.1 Å². The van der Waals surface area contributed by atoms with Crippen LogP contribution in [0.2, 0.25) is 0 Å². The molecule has 2 aromatic carbocycles. The Morgan fingerprint density at radius 2 is 1.74 bits per heavy atom. The van der Waals surface area contributed by atoms with E-state index in [1.165, 1.54) is 4.90 Å². The van der Waals surface area contributed by atoms with E-state index in [4.69, 9.17) is 4.74 Å². The van der Waals surface area contributed by atoms with Crippen LogP contribution in [-0.4, -0.2) is 70.7 Å². The van der Waals surface area contributed by atoms with Crippen LogP contribution < -0.4 is 9.80 Å². The molecule has 1 N–H and O–H groups in total. The highest BCUT2D eigenvalue weighted by atomic mass is 16.5. The Morgan fingerprint density at radius 1 is 1.09 bits per heavy atom. The fraction of sp³-hybridized carbons (Fsp3) is 0.457. The molecule has 0 radical (unpaired) electrons. The second-order valence-electron chi connectivity index (χ2n) is 12.6. The number of aliphatic hydroxyl groups is 1. The van der Waals surface area contributed by atoms with Crippen molar-refractivity contribution in [1.29, 1.82) is 0 Å². The number of carbonyl (C=O) groups is 3. The fourth-order valence-corrected chi connectivity index (χ4v) is 7.72. The van der Waals surface area contributed by atoms with Gasteiger partial charge in [0, 0.05) is 24.5 Å². The number of hydrogen-bond donors (Lipinski definition) is 1. The molecule has 2 aromatic rings. The smallest absolute Gasteiger partial charge is 0.253 e. The van der Waals surface area contributed by atoms with Crippen LogP contribution in [0, 0.1) is 31.6 Å². The Morgan fingerprint density at radius 3 is 2.37 bits per heavy atom. The molecule has 8 nitrogen and oxygen atoms in total. The largest absolute Gasteiger partial charge is 0.394 e. The number of nitrogens with zero attached hydrogens (tertiary/aromatic N) is 3. The summed E-state index contributed by atoms with van der Waals surface area (Å²) in [5, 5.41) is 10.3. The number of likely N-dealkylation sites (tertiary alicyclic amines) is 1. The van der Waals surface area contributed by atoms with Gasteiger partial charge in [0.2, 0.25) is 11.8 Å². The molecule has 3 aliphatic rings. The topological polar surface area (TPSA) is 90.4 Å². The van der Waals surface area contributed by atoms with E-state index in [2.05, 4.69) is 13.2 Å². The van der Waals surface area contributed by atoms with Crippen molar-refractivity contribution < 1.29 is 24.2 Å². The normalized spacial score (nSPS) is 29.7. The zero-order valence-corrected chi connectivity index (χ0v) is 25.8. The van der Waals surface area contributed by atoms with Crippen LogP contribution in [0.1, 0.15) is 38.3 Å². The lowest BCUT2D eigenvalue weighted by molar-refractivity contribution is -0.148. The number of hydrogen-bond acceptors (Lipinski definition) is 5. The predicted octanol–water partition coefficient (Wildman–Crippen LogP) is 4.43. The quantitative estimate of drug-likeness (QED) is 0.417. The number of para-hydroxylation sites is 1. The summed E-state index contributed by atoms with van der Waals surface area (Å²) in [5.41, 5.74) is 1.13. The zero-order valence-electron chi connectivity index (χ0n) is 25.8. The second-order valence-corrected chi connectivity index (χ2v) is 12.6. The lowest BCUT2D eigenvalue weighted by Gasteiger charge is -2.39. The van der Waals surface area contributed by atoms with Crippen molar-refractivity contribution >= 4 is 29.1 Å². The number of fused-ring (bicyclic) bond motifs is 1. The third kappa shape index (κ3) is 4.62. The van der Waals surface area contributed by atoms with Gasteiger partial charge in [-0.05, 0) is 69.4 Å². The van der Waals surface area contributed by atoms with Gasteiger partial charge in [0.1, 0.15) is 11.6 Å². The van der Waals surface area contributed by atoms with Crippen molar-refractivity contribution in [1.82, 2.24) is 4.90 Å². The van der Waals surface area contributed by atoms with Gasteiger partial charge in [-0.15, -0.1) is 13.2 Å². The van der Waals surface area contributed by atoms with Crippen molar-refractivity contribution in [2.75, 3.05) is 29.5 Å². The number of rotatable bonds is 10. The van der Waals surface area contributed by atoms with Crippen molar-refractivity contribution in [2.24, 2.45) is 17.8 Å². The number of benzene rings is 2. The van der Waals surface area contributed by atoms with Gasteiger partial charge in [-0.25, -0.2) is 0 Å². The molecule has 3 heterocycles. The van der Waals surface area contributed by atoms with E-state index in [1.54, 1.807) is 28.9 Å². The Hall–Kier alpha value is -3.75. The molecule has 0 saturated carbocycles. The lowest BCUT2D eigenvalue weighted by atomic mass is 9.62. The molecule has 3 saturated heterocycles. The van der Waals surface area contributed by atoms with Gasteiger partial charge in [0.15, 0.2) is 0 Å². The van der Waals surface area contributed by atoms with Gasteiger partial charge < -0.3 is 24.5 Å². The summed E-state index contributed by atoms with van der Waals surface area (Å²) in [6.07, 6.45) is 3.78.